The van der Waals surface area contributed by atoms with Crippen LogP contribution in [-0.2, 0) is 10.0 Å². The Kier molecular flexibility index (Phi) is 6.02. The first-order valence-corrected chi connectivity index (χ1v) is 10.7. The fourth-order valence-electron chi connectivity index (χ4n) is 2.78. The van der Waals surface area contributed by atoms with Gasteiger partial charge in [-0.3, -0.25) is 4.79 Å². The minimum Gasteiger partial charge on any atom is -0.378 e. The Hall–Kier alpha value is -3.46. The summed E-state index contributed by atoms with van der Waals surface area (Å²) in [5, 5.41) is 2.76. The van der Waals surface area contributed by atoms with Crippen molar-refractivity contribution in [2.45, 2.75) is 18.7 Å². The summed E-state index contributed by atoms with van der Waals surface area (Å²) < 4.78 is 27.5. The van der Waals surface area contributed by atoms with Crippen LogP contribution in [0.5, 0.6) is 0 Å². The highest BCUT2D eigenvalue weighted by molar-refractivity contribution is 7.92. The summed E-state index contributed by atoms with van der Waals surface area (Å²) in [5.74, 6) is -0.260. The smallest absolute Gasteiger partial charge is 0.264 e. The predicted molar refractivity (Wildman–Crippen MR) is 117 cm³/mol. The van der Waals surface area contributed by atoms with E-state index < -0.39 is 10.0 Å². The topological polar surface area (TPSA) is 104 Å². The molecule has 3 rings (SSSR count). The molecule has 156 valence electrons. The minimum absolute atomic E-state index is 0.0195. The first kappa shape index (κ1) is 21.3. The van der Waals surface area contributed by atoms with Gasteiger partial charge in [0.15, 0.2) is 0 Å². The summed E-state index contributed by atoms with van der Waals surface area (Å²) in [6, 6.07) is 14.8. The molecule has 0 radical (unpaired) electrons. The maximum absolute atomic E-state index is 12.6. The summed E-state index contributed by atoms with van der Waals surface area (Å²) in [7, 11) is -0.00472. The lowest BCUT2D eigenvalue weighted by molar-refractivity contribution is 0.102. The second-order valence-electron chi connectivity index (χ2n) is 7.00. The Morgan fingerprint density at radius 2 is 1.47 bits per heavy atom. The number of anilines is 3. The molecule has 30 heavy (non-hydrogen) atoms. The maximum atomic E-state index is 12.6. The number of carbonyl (C=O) groups excluding carboxylic acids is 1. The third kappa shape index (κ3) is 5.12. The Morgan fingerprint density at radius 1 is 0.900 bits per heavy atom. The van der Waals surface area contributed by atoms with Gasteiger partial charge in [-0.05, 0) is 68.4 Å². The number of amides is 1. The first-order chi connectivity index (χ1) is 14.1. The van der Waals surface area contributed by atoms with Crippen molar-refractivity contribution in [3.05, 3.63) is 71.5 Å². The lowest BCUT2D eigenvalue weighted by Gasteiger charge is -2.13. The van der Waals surface area contributed by atoms with E-state index in [2.05, 4.69) is 20.0 Å². The number of nitrogens with one attached hydrogen (secondary N) is 2. The van der Waals surface area contributed by atoms with Crippen LogP contribution in [-0.4, -0.2) is 38.4 Å². The zero-order chi connectivity index (χ0) is 21.9. The van der Waals surface area contributed by atoms with Gasteiger partial charge in [-0.2, -0.15) is 0 Å². The van der Waals surface area contributed by atoms with Crippen molar-refractivity contribution in [1.82, 2.24) is 9.97 Å². The number of benzene rings is 2. The van der Waals surface area contributed by atoms with Crippen LogP contribution in [0, 0.1) is 13.8 Å². The molecule has 0 aliphatic heterocycles. The molecule has 0 atom stereocenters. The van der Waals surface area contributed by atoms with Crippen molar-refractivity contribution in [1.29, 1.82) is 0 Å². The van der Waals surface area contributed by atoms with Crippen LogP contribution in [0.25, 0.3) is 0 Å². The van der Waals surface area contributed by atoms with Gasteiger partial charge < -0.3 is 10.2 Å². The average molecular weight is 426 g/mol. The van der Waals surface area contributed by atoms with Crippen LogP contribution >= 0.6 is 0 Å². The lowest BCUT2D eigenvalue weighted by atomic mass is 10.2. The van der Waals surface area contributed by atoms with E-state index in [1.165, 1.54) is 24.3 Å². The van der Waals surface area contributed by atoms with Crippen molar-refractivity contribution >= 4 is 33.3 Å². The van der Waals surface area contributed by atoms with Crippen molar-refractivity contribution in [3.8, 4) is 0 Å². The highest BCUT2D eigenvalue weighted by atomic mass is 32.2. The number of sulfonamides is 1. The minimum atomic E-state index is -3.85. The predicted octanol–water partition coefficient (Wildman–Crippen LogP) is 3.21. The van der Waals surface area contributed by atoms with Gasteiger partial charge in [0.1, 0.15) is 0 Å². The third-order valence-corrected chi connectivity index (χ3v) is 5.62. The van der Waals surface area contributed by atoms with Gasteiger partial charge in [0.05, 0.1) is 4.90 Å². The lowest BCUT2D eigenvalue weighted by Crippen LogP contribution is -2.16. The number of aromatic nitrogens is 2. The normalized spacial score (nSPS) is 11.1. The van der Waals surface area contributed by atoms with E-state index in [0.29, 0.717) is 22.6 Å². The molecular formula is C21H23N5O3S. The molecule has 0 saturated carbocycles. The quantitative estimate of drug-likeness (QED) is 0.628. The summed E-state index contributed by atoms with van der Waals surface area (Å²) >= 11 is 0. The number of hydrogen-bond acceptors (Lipinski definition) is 6. The molecule has 2 aromatic carbocycles. The van der Waals surface area contributed by atoms with Gasteiger partial charge in [-0.25, -0.2) is 23.1 Å². The molecule has 0 unspecified atom stereocenters. The largest absolute Gasteiger partial charge is 0.378 e. The molecule has 0 spiro atoms. The highest BCUT2D eigenvalue weighted by Gasteiger charge is 2.16. The first-order valence-electron chi connectivity index (χ1n) is 9.18. The summed E-state index contributed by atoms with van der Waals surface area (Å²) in [4.78, 5) is 22.6. The molecule has 1 heterocycles. The maximum Gasteiger partial charge on any atom is 0.264 e. The average Bonchev–Trinajstić information content (AvgIpc) is 2.67. The number of hydrogen-bond donors (Lipinski definition) is 2. The SMILES string of the molecule is Cc1cc(C)nc(NS(=O)(=O)c2ccc(NC(=O)c3ccc(N(C)C)cc3)cc2)n1. The van der Waals surface area contributed by atoms with Gasteiger partial charge in [0.25, 0.3) is 15.9 Å². The monoisotopic (exact) mass is 425 g/mol. The molecule has 9 heteroatoms. The van der Waals surface area contributed by atoms with Crippen molar-refractivity contribution in [2.24, 2.45) is 0 Å². The molecule has 2 N–H and O–H groups in total. The second-order valence-corrected chi connectivity index (χ2v) is 8.68. The van der Waals surface area contributed by atoms with E-state index >= 15 is 0 Å². The molecular weight excluding hydrogens is 402 g/mol. The van der Waals surface area contributed by atoms with Crippen LogP contribution in [0.15, 0.2) is 59.5 Å². The molecule has 1 aromatic heterocycles. The van der Waals surface area contributed by atoms with Crippen LogP contribution in [0.1, 0.15) is 21.7 Å². The van der Waals surface area contributed by atoms with Gasteiger partial charge in [-0.1, -0.05) is 0 Å². The van der Waals surface area contributed by atoms with E-state index in [1.807, 2.05) is 31.1 Å². The van der Waals surface area contributed by atoms with Crippen LogP contribution in [0.4, 0.5) is 17.3 Å². The standard InChI is InChI=1S/C21H23N5O3S/c1-14-13-15(2)23-21(22-14)25-30(28,29)19-11-7-17(8-12-19)24-20(27)16-5-9-18(10-6-16)26(3)4/h5-13H,1-4H3,(H,24,27)(H,22,23,25). The Labute approximate surface area is 176 Å². The molecule has 0 fully saturated rings. The van der Waals surface area contributed by atoms with Crippen LogP contribution in [0.3, 0.4) is 0 Å². The number of nitrogens with zero attached hydrogens (tertiary/aromatic N) is 3. The Balaban J connectivity index is 1.71. The number of rotatable bonds is 6. The molecule has 8 nitrogen and oxygen atoms in total. The van der Waals surface area contributed by atoms with Gasteiger partial charge in [0, 0.05) is 42.4 Å². The van der Waals surface area contributed by atoms with E-state index in [1.54, 1.807) is 32.0 Å². The van der Waals surface area contributed by atoms with Gasteiger partial charge in [-0.15, -0.1) is 0 Å². The summed E-state index contributed by atoms with van der Waals surface area (Å²) in [6.07, 6.45) is 0. The number of carbonyl (C=O) groups is 1. The highest BCUT2D eigenvalue weighted by Crippen LogP contribution is 2.18. The zero-order valence-corrected chi connectivity index (χ0v) is 18.0. The van der Waals surface area contributed by atoms with Crippen molar-refractivity contribution < 1.29 is 13.2 Å². The summed E-state index contributed by atoms with van der Waals surface area (Å²) in [5.41, 5.74) is 3.30. The summed E-state index contributed by atoms with van der Waals surface area (Å²) in [6.45, 7) is 3.52. The zero-order valence-electron chi connectivity index (χ0n) is 17.2. The Bertz CT molecular complexity index is 1140. The van der Waals surface area contributed by atoms with Crippen molar-refractivity contribution in [2.75, 3.05) is 29.0 Å². The molecule has 0 bridgehead atoms. The molecule has 1 amide bonds. The number of aryl methyl sites for hydroxylation is 2. The van der Waals surface area contributed by atoms with E-state index in [-0.39, 0.29) is 16.8 Å². The fourth-order valence-corrected chi connectivity index (χ4v) is 3.73. The van der Waals surface area contributed by atoms with Crippen LogP contribution in [0.2, 0.25) is 0 Å². The van der Waals surface area contributed by atoms with E-state index in [0.717, 1.165) is 5.69 Å². The fraction of sp³-hybridized carbons (Fsp3) is 0.190. The second kappa shape index (κ2) is 8.50. The van der Waals surface area contributed by atoms with Gasteiger partial charge >= 0.3 is 0 Å². The van der Waals surface area contributed by atoms with E-state index in [9.17, 15) is 13.2 Å². The van der Waals surface area contributed by atoms with Gasteiger partial charge in [0.2, 0.25) is 5.95 Å². The molecule has 0 aliphatic carbocycles. The van der Waals surface area contributed by atoms with Crippen LogP contribution < -0.4 is 14.9 Å². The molecule has 0 aliphatic rings. The van der Waals surface area contributed by atoms with Crippen molar-refractivity contribution in [3.63, 3.8) is 0 Å². The molecule has 3 aromatic rings. The van der Waals surface area contributed by atoms with E-state index in [4.69, 9.17) is 0 Å². The third-order valence-electron chi connectivity index (χ3n) is 4.28. The Morgan fingerprint density at radius 3 is 2.00 bits per heavy atom. The molecule has 0 saturated heterocycles.